The second-order valence-electron chi connectivity index (χ2n) is 6.28. The molecule has 0 saturated heterocycles. The molecule has 1 N–H and O–H groups in total. The highest BCUT2D eigenvalue weighted by Gasteiger charge is 2.26. The fourth-order valence-electron chi connectivity index (χ4n) is 3.29. The Kier molecular flexibility index (Phi) is 4.87. The number of hydrogen-bond donors (Lipinski definition) is 1. The Bertz CT molecular complexity index is 392. The van der Waals surface area contributed by atoms with Gasteiger partial charge in [0.1, 0.15) is 0 Å². The van der Waals surface area contributed by atoms with Crippen LogP contribution in [0.2, 0.25) is 0 Å². The number of nitrogens with one attached hydrogen (secondary N) is 1. The smallest absolute Gasteiger partial charge is 0.0364 e. The Morgan fingerprint density at radius 2 is 1.84 bits per heavy atom. The first kappa shape index (κ1) is 14.4. The van der Waals surface area contributed by atoms with Crippen LogP contribution in [0.25, 0.3) is 0 Å². The van der Waals surface area contributed by atoms with Crippen LogP contribution in [0.15, 0.2) is 24.3 Å². The van der Waals surface area contributed by atoms with Gasteiger partial charge in [-0.3, -0.25) is 0 Å². The number of rotatable bonds is 4. The van der Waals surface area contributed by atoms with Crippen LogP contribution in [0.4, 0.5) is 5.69 Å². The monoisotopic (exact) mass is 260 g/mol. The van der Waals surface area contributed by atoms with E-state index < -0.39 is 0 Å². The SMILES string of the molecule is CNC(c1cccc(N(C)C)c1)C1CCC(C)CC1. The summed E-state index contributed by atoms with van der Waals surface area (Å²) in [6.45, 7) is 2.39. The minimum Gasteiger partial charge on any atom is -0.378 e. The lowest BCUT2D eigenvalue weighted by Gasteiger charge is -2.33. The first-order valence-corrected chi connectivity index (χ1v) is 7.56. The Hall–Kier alpha value is -1.02. The van der Waals surface area contributed by atoms with Crippen LogP contribution in [0, 0.1) is 11.8 Å². The molecule has 2 heteroatoms. The highest BCUT2D eigenvalue weighted by molar-refractivity contribution is 5.48. The summed E-state index contributed by atoms with van der Waals surface area (Å²) in [5, 5.41) is 3.55. The number of nitrogens with zero attached hydrogens (tertiary/aromatic N) is 1. The first-order chi connectivity index (χ1) is 9.11. The standard InChI is InChI=1S/C17H28N2/c1-13-8-10-14(11-9-13)17(18-2)15-6-5-7-16(12-15)19(3)4/h5-7,12-14,17-18H,8-11H2,1-4H3. The van der Waals surface area contributed by atoms with Gasteiger partial charge in [0.25, 0.3) is 0 Å². The summed E-state index contributed by atoms with van der Waals surface area (Å²) in [5.74, 6) is 1.71. The molecule has 2 nitrogen and oxygen atoms in total. The molecule has 0 amide bonds. The molecule has 19 heavy (non-hydrogen) atoms. The Morgan fingerprint density at radius 3 is 2.42 bits per heavy atom. The van der Waals surface area contributed by atoms with Crippen molar-refractivity contribution < 1.29 is 0 Å². The fraction of sp³-hybridized carbons (Fsp3) is 0.647. The zero-order valence-electron chi connectivity index (χ0n) is 12.8. The molecule has 1 atom stereocenters. The van der Waals surface area contributed by atoms with E-state index >= 15 is 0 Å². The summed E-state index contributed by atoms with van der Waals surface area (Å²) < 4.78 is 0. The molecule has 1 unspecified atom stereocenters. The maximum absolute atomic E-state index is 3.55. The molecule has 1 aliphatic rings. The van der Waals surface area contributed by atoms with Gasteiger partial charge in [0, 0.05) is 25.8 Å². The molecule has 0 bridgehead atoms. The van der Waals surface area contributed by atoms with Crippen LogP contribution in [-0.2, 0) is 0 Å². The molecule has 106 valence electrons. The van der Waals surface area contributed by atoms with Gasteiger partial charge in [-0.2, -0.15) is 0 Å². The van der Waals surface area contributed by atoms with Gasteiger partial charge < -0.3 is 10.2 Å². The lowest BCUT2D eigenvalue weighted by atomic mass is 9.77. The summed E-state index contributed by atoms with van der Waals surface area (Å²) in [7, 11) is 6.32. The molecule has 0 aliphatic heterocycles. The maximum Gasteiger partial charge on any atom is 0.0364 e. The molecule has 0 spiro atoms. The van der Waals surface area contributed by atoms with Crippen molar-refractivity contribution in [1.82, 2.24) is 5.32 Å². The second-order valence-corrected chi connectivity index (χ2v) is 6.28. The van der Waals surface area contributed by atoms with Crippen molar-refractivity contribution in [1.29, 1.82) is 0 Å². The van der Waals surface area contributed by atoms with Gasteiger partial charge in [-0.25, -0.2) is 0 Å². The minimum atomic E-state index is 0.507. The molecule has 1 aromatic rings. The van der Waals surface area contributed by atoms with Crippen LogP contribution in [0.1, 0.15) is 44.2 Å². The summed E-state index contributed by atoms with van der Waals surface area (Å²) >= 11 is 0. The zero-order chi connectivity index (χ0) is 13.8. The maximum atomic E-state index is 3.55. The molecule has 2 rings (SSSR count). The molecular formula is C17H28N2. The molecule has 1 aromatic carbocycles. The average Bonchev–Trinajstić information content (AvgIpc) is 2.42. The van der Waals surface area contributed by atoms with E-state index in [2.05, 4.69) is 62.5 Å². The van der Waals surface area contributed by atoms with E-state index in [9.17, 15) is 0 Å². The van der Waals surface area contributed by atoms with Crippen LogP contribution in [0.3, 0.4) is 0 Å². The molecule has 0 radical (unpaired) electrons. The van der Waals surface area contributed by atoms with Gasteiger partial charge >= 0.3 is 0 Å². The van der Waals surface area contributed by atoms with E-state index in [0.29, 0.717) is 6.04 Å². The van der Waals surface area contributed by atoms with Crippen molar-refractivity contribution in [3.05, 3.63) is 29.8 Å². The van der Waals surface area contributed by atoms with Crippen molar-refractivity contribution in [3.63, 3.8) is 0 Å². The van der Waals surface area contributed by atoms with E-state index in [4.69, 9.17) is 0 Å². The molecule has 1 saturated carbocycles. The van der Waals surface area contributed by atoms with Gasteiger partial charge in [-0.15, -0.1) is 0 Å². The van der Waals surface area contributed by atoms with Crippen molar-refractivity contribution >= 4 is 5.69 Å². The van der Waals surface area contributed by atoms with Crippen molar-refractivity contribution in [2.75, 3.05) is 26.0 Å². The average molecular weight is 260 g/mol. The zero-order valence-corrected chi connectivity index (χ0v) is 12.8. The van der Waals surface area contributed by atoms with Crippen molar-refractivity contribution in [3.8, 4) is 0 Å². The van der Waals surface area contributed by atoms with E-state index in [1.165, 1.54) is 36.9 Å². The van der Waals surface area contributed by atoms with Crippen molar-refractivity contribution in [2.24, 2.45) is 11.8 Å². The molecular weight excluding hydrogens is 232 g/mol. The van der Waals surface area contributed by atoms with Gasteiger partial charge in [-0.05, 0) is 49.4 Å². The topological polar surface area (TPSA) is 15.3 Å². The third kappa shape index (κ3) is 3.50. The highest BCUT2D eigenvalue weighted by atomic mass is 15.1. The normalized spacial score (nSPS) is 25.1. The van der Waals surface area contributed by atoms with Crippen LogP contribution in [0.5, 0.6) is 0 Å². The molecule has 0 aromatic heterocycles. The van der Waals surface area contributed by atoms with Crippen LogP contribution < -0.4 is 10.2 Å². The van der Waals surface area contributed by atoms with E-state index in [1.54, 1.807) is 0 Å². The van der Waals surface area contributed by atoms with Crippen molar-refractivity contribution in [2.45, 2.75) is 38.6 Å². The summed E-state index contributed by atoms with van der Waals surface area (Å²) in [4.78, 5) is 2.18. The summed E-state index contributed by atoms with van der Waals surface area (Å²) in [5.41, 5.74) is 2.73. The Labute approximate surface area is 118 Å². The first-order valence-electron chi connectivity index (χ1n) is 7.56. The Morgan fingerprint density at radius 1 is 1.16 bits per heavy atom. The predicted molar refractivity (Wildman–Crippen MR) is 83.7 cm³/mol. The fourth-order valence-corrected chi connectivity index (χ4v) is 3.29. The predicted octanol–water partition coefficient (Wildman–Crippen LogP) is 3.84. The Balaban J connectivity index is 2.15. The lowest BCUT2D eigenvalue weighted by molar-refractivity contribution is 0.238. The van der Waals surface area contributed by atoms with E-state index in [1.807, 2.05) is 0 Å². The third-order valence-electron chi connectivity index (χ3n) is 4.59. The largest absolute Gasteiger partial charge is 0.378 e. The van der Waals surface area contributed by atoms with Gasteiger partial charge in [-0.1, -0.05) is 31.9 Å². The summed E-state index contributed by atoms with van der Waals surface area (Å²) in [6, 6.07) is 9.47. The van der Waals surface area contributed by atoms with E-state index in [-0.39, 0.29) is 0 Å². The molecule has 1 fully saturated rings. The van der Waals surface area contributed by atoms with Gasteiger partial charge in [0.15, 0.2) is 0 Å². The lowest BCUT2D eigenvalue weighted by Crippen LogP contribution is -2.28. The summed E-state index contributed by atoms with van der Waals surface area (Å²) in [6.07, 6.45) is 5.49. The third-order valence-corrected chi connectivity index (χ3v) is 4.59. The number of benzene rings is 1. The van der Waals surface area contributed by atoms with Gasteiger partial charge in [0.2, 0.25) is 0 Å². The van der Waals surface area contributed by atoms with Crippen LogP contribution >= 0.6 is 0 Å². The van der Waals surface area contributed by atoms with E-state index in [0.717, 1.165) is 11.8 Å². The number of anilines is 1. The van der Waals surface area contributed by atoms with Crippen LogP contribution in [-0.4, -0.2) is 21.1 Å². The number of hydrogen-bond acceptors (Lipinski definition) is 2. The van der Waals surface area contributed by atoms with Gasteiger partial charge in [0.05, 0.1) is 0 Å². The minimum absolute atomic E-state index is 0.507. The molecule has 0 heterocycles. The second kappa shape index (κ2) is 6.42. The quantitative estimate of drug-likeness (QED) is 0.885. The highest BCUT2D eigenvalue weighted by Crippen LogP contribution is 2.37. The molecule has 1 aliphatic carbocycles.